The van der Waals surface area contributed by atoms with Gasteiger partial charge in [0.2, 0.25) is 0 Å². The summed E-state index contributed by atoms with van der Waals surface area (Å²) in [6.45, 7) is 1.22. The first kappa shape index (κ1) is 10.7. The van der Waals surface area contributed by atoms with Crippen molar-refractivity contribution >= 4 is 16.2 Å². The first-order chi connectivity index (χ1) is 6.88. The van der Waals surface area contributed by atoms with Crippen LogP contribution in [0, 0.1) is 17.8 Å². The van der Waals surface area contributed by atoms with Crippen molar-refractivity contribution < 1.29 is 22.5 Å². The summed E-state index contributed by atoms with van der Waals surface area (Å²) in [4.78, 5) is 12.0. The zero-order chi connectivity index (χ0) is 11.2. The van der Waals surface area contributed by atoms with E-state index in [1.54, 1.807) is 0 Å². The molecule has 1 aliphatic heterocycles. The van der Waals surface area contributed by atoms with Gasteiger partial charge in [-0.1, -0.05) is 0 Å². The van der Waals surface area contributed by atoms with Gasteiger partial charge in [-0.2, -0.15) is 8.42 Å². The standard InChI is InChI=1S/C8H13NO5S/c1-15(12,13)14-4-7-5-2-9(8(10)11)3-6(5)7/h5-7H,2-4H2,1H3,(H,10,11)/t5-,6+,7+. The summed E-state index contributed by atoms with van der Waals surface area (Å²) in [6.07, 6.45) is 0.124. The molecular weight excluding hydrogens is 222 g/mol. The monoisotopic (exact) mass is 235 g/mol. The molecule has 15 heavy (non-hydrogen) atoms. The van der Waals surface area contributed by atoms with Gasteiger partial charge in [-0.15, -0.1) is 0 Å². The van der Waals surface area contributed by atoms with Crippen LogP contribution in [0.4, 0.5) is 4.79 Å². The number of nitrogens with zero attached hydrogens (tertiary/aromatic N) is 1. The van der Waals surface area contributed by atoms with Gasteiger partial charge in [0, 0.05) is 13.1 Å². The van der Waals surface area contributed by atoms with Gasteiger partial charge in [-0.25, -0.2) is 4.79 Å². The summed E-state index contributed by atoms with van der Waals surface area (Å²) in [5, 5.41) is 8.70. The van der Waals surface area contributed by atoms with Crippen LogP contribution in [0.3, 0.4) is 0 Å². The molecule has 2 rings (SSSR count). The summed E-state index contributed by atoms with van der Waals surface area (Å²) >= 11 is 0. The maximum absolute atomic E-state index is 10.7. The van der Waals surface area contributed by atoms with Crippen molar-refractivity contribution in [2.45, 2.75) is 0 Å². The van der Waals surface area contributed by atoms with Gasteiger partial charge in [0.25, 0.3) is 10.1 Å². The number of amides is 1. The average molecular weight is 235 g/mol. The summed E-state index contributed by atoms with van der Waals surface area (Å²) < 4.78 is 26.1. The van der Waals surface area contributed by atoms with Crippen molar-refractivity contribution in [2.24, 2.45) is 17.8 Å². The highest BCUT2D eigenvalue weighted by molar-refractivity contribution is 7.85. The lowest BCUT2D eigenvalue weighted by molar-refractivity contribution is 0.145. The van der Waals surface area contributed by atoms with Gasteiger partial charge in [0.1, 0.15) is 0 Å². The lowest BCUT2D eigenvalue weighted by Gasteiger charge is -2.15. The maximum atomic E-state index is 10.7. The highest BCUT2D eigenvalue weighted by atomic mass is 32.2. The van der Waals surface area contributed by atoms with Crippen molar-refractivity contribution in [1.82, 2.24) is 4.90 Å². The van der Waals surface area contributed by atoms with Gasteiger partial charge >= 0.3 is 6.09 Å². The maximum Gasteiger partial charge on any atom is 0.407 e. The number of carboxylic acid groups (broad SMARTS) is 1. The SMILES string of the molecule is CS(=O)(=O)OC[C@@H]1[C@H]2CN(C(=O)O)C[C@@H]12. The second-order valence-corrected chi connectivity index (χ2v) is 5.81. The average Bonchev–Trinajstić information content (AvgIpc) is 2.55. The van der Waals surface area contributed by atoms with Crippen molar-refractivity contribution in [3.8, 4) is 0 Å². The quantitative estimate of drug-likeness (QED) is 0.686. The number of fused-ring (bicyclic) bond motifs is 1. The van der Waals surface area contributed by atoms with Gasteiger partial charge < -0.3 is 10.0 Å². The fourth-order valence-electron chi connectivity index (χ4n) is 2.25. The van der Waals surface area contributed by atoms with Gasteiger partial charge in [-0.3, -0.25) is 4.18 Å². The van der Waals surface area contributed by atoms with Crippen molar-refractivity contribution in [3.63, 3.8) is 0 Å². The summed E-state index contributed by atoms with van der Waals surface area (Å²) in [5.41, 5.74) is 0. The molecule has 0 unspecified atom stereocenters. The molecule has 7 heteroatoms. The predicted molar refractivity (Wildman–Crippen MR) is 50.9 cm³/mol. The number of hydrogen-bond acceptors (Lipinski definition) is 4. The molecule has 2 fully saturated rings. The molecule has 0 radical (unpaired) electrons. The second kappa shape index (κ2) is 3.34. The fourth-order valence-corrected chi connectivity index (χ4v) is 2.66. The molecule has 1 amide bonds. The third kappa shape index (κ3) is 2.23. The minimum Gasteiger partial charge on any atom is -0.465 e. The molecule has 2 aliphatic rings. The van der Waals surface area contributed by atoms with E-state index in [0.717, 1.165) is 6.26 Å². The molecule has 0 spiro atoms. The second-order valence-electron chi connectivity index (χ2n) is 4.17. The van der Waals surface area contributed by atoms with E-state index in [4.69, 9.17) is 9.29 Å². The van der Waals surface area contributed by atoms with Crippen LogP contribution >= 0.6 is 0 Å². The number of hydrogen-bond donors (Lipinski definition) is 1. The normalized spacial score (nSPS) is 33.9. The Hall–Kier alpha value is -0.820. The first-order valence-electron chi connectivity index (χ1n) is 4.71. The third-order valence-corrected chi connectivity index (χ3v) is 3.68. The molecule has 6 nitrogen and oxygen atoms in total. The van der Waals surface area contributed by atoms with E-state index in [-0.39, 0.29) is 12.5 Å². The van der Waals surface area contributed by atoms with Crippen LogP contribution in [0.2, 0.25) is 0 Å². The highest BCUT2D eigenvalue weighted by Crippen LogP contribution is 2.51. The fraction of sp³-hybridized carbons (Fsp3) is 0.875. The molecule has 0 bridgehead atoms. The first-order valence-corrected chi connectivity index (χ1v) is 6.52. The summed E-state index contributed by atoms with van der Waals surface area (Å²) in [6, 6.07) is 0. The Morgan fingerprint density at radius 2 is 2.00 bits per heavy atom. The van der Waals surface area contributed by atoms with Gasteiger partial charge in [0.15, 0.2) is 0 Å². The van der Waals surface area contributed by atoms with Gasteiger partial charge in [-0.05, 0) is 17.8 Å². The Kier molecular flexibility index (Phi) is 2.38. The molecule has 3 atom stereocenters. The minimum absolute atomic E-state index is 0.196. The van der Waals surface area contributed by atoms with E-state index in [0.29, 0.717) is 24.9 Å². The molecular formula is C8H13NO5S. The van der Waals surface area contributed by atoms with Crippen LogP contribution in [-0.2, 0) is 14.3 Å². The highest BCUT2D eigenvalue weighted by Gasteiger charge is 2.56. The van der Waals surface area contributed by atoms with E-state index < -0.39 is 16.2 Å². The largest absolute Gasteiger partial charge is 0.465 e. The van der Waals surface area contributed by atoms with E-state index in [1.807, 2.05) is 0 Å². The van der Waals surface area contributed by atoms with Gasteiger partial charge in [0.05, 0.1) is 12.9 Å². The molecule has 1 heterocycles. The number of carbonyl (C=O) groups is 1. The Morgan fingerprint density at radius 1 is 1.47 bits per heavy atom. The number of piperidine rings is 1. The Morgan fingerprint density at radius 3 is 2.40 bits per heavy atom. The molecule has 1 aliphatic carbocycles. The molecule has 1 N–H and O–H groups in total. The van der Waals surface area contributed by atoms with Crippen LogP contribution < -0.4 is 0 Å². The zero-order valence-electron chi connectivity index (χ0n) is 8.29. The van der Waals surface area contributed by atoms with E-state index in [2.05, 4.69) is 0 Å². The molecule has 1 saturated heterocycles. The molecule has 0 aromatic heterocycles. The van der Waals surface area contributed by atoms with E-state index in [1.165, 1.54) is 4.90 Å². The van der Waals surface area contributed by atoms with Crippen LogP contribution in [-0.4, -0.2) is 50.5 Å². The number of rotatable bonds is 3. The van der Waals surface area contributed by atoms with Crippen LogP contribution in [0.1, 0.15) is 0 Å². The molecule has 1 saturated carbocycles. The molecule has 86 valence electrons. The van der Waals surface area contributed by atoms with Crippen molar-refractivity contribution in [3.05, 3.63) is 0 Å². The molecule has 0 aromatic rings. The third-order valence-electron chi connectivity index (χ3n) is 3.12. The Labute approximate surface area is 87.9 Å². The zero-order valence-corrected chi connectivity index (χ0v) is 9.11. The smallest absolute Gasteiger partial charge is 0.407 e. The topological polar surface area (TPSA) is 83.9 Å². The van der Waals surface area contributed by atoms with E-state index >= 15 is 0 Å². The Bertz CT molecular complexity index is 366. The van der Waals surface area contributed by atoms with Crippen LogP contribution in [0.5, 0.6) is 0 Å². The Balaban J connectivity index is 1.78. The van der Waals surface area contributed by atoms with Crippen molar-refractivity contribution in [2.75, 3.05) is 26.0 Å². The lowest BCUT2D eigenvalue weighted by Crippen LogP contribution is -2.30. The van der Waals surface area contributed by atoms with E-state index in [9.17, 15) is 13.2 Å². The number of likely N-dealkylation sites (tertiary alicyclic amines) is 1. The minimum atomic E-state index is -3.37. The van der Waals surface area contributed by atoms with Crippen LogP contribution in [0.25, 0.3) is 0 Å². The summed E-state index contributed by atoms with van der Waals surface area (Å²) in [5.74, 6) is 0.807. The summed E-state index contributed by atoms with van der Waals surface area (Å²) in [7, 11) is -3.37. The molecule has 0 aromatic carbocycles. The predicted octanol–water partition coefficient (Wildman–Crippen LogP) is -0.182. The van der Waals surface area contributed by atoms with Crippen LogP contribution in [0.15, 0.2) is 0 Å². The lowest BCUT2D eigenvalue weighted by atomic mass is 10.3. The van der Waals surface area contributed by atoms with Crippen molar-refractivity contribution in [1.29, 1.82) is 0 Å².